The van der Waals surface area contributed by atoms with Crippen LogP contribution in [0.2, 0.25) is 0 Å². The number of benzene rings is 4. The van der Waals surface area contributed by atoms with E-state index >= 15 is 0 Å². The van der Waals surface area contributed by atoms with E-state index in [0.717, 1.165) is 33.3 Å². The van der Waals surface area contributed by atoms with Crippen molar-refractivity contribution < 1.29 is 0 Å². The number of hydrogen-bond acceptors (Lipinski definition) is 6. The van der Waals surface area contributed by atoms with Gasteiger partial charge in [0.05, 0.1) is 5.69 Å². The number of fused-ring (bicyclic) bond motifs is 1. The molecule has 3 aromatic heterocycles. The van der Waals surface area contributed by atoms with Gasteiger partial charge in [0.2, 0.25) is 0 Å². The molecule has 4 aromatic carbocycles. The molecule has 40 heavy (non-hydrogen) atoms. The third-order valence-electron chi connectivity index (χ3n) is 6.62. The molecule has 0 atom stereocenters. The van der Waals surface area contributed by atoms with Gasteiger partial charge in [-0.05, 0) is 35.0 Å². The Morgan fingerprint density at radius 3 is 1.62 bits per heavy atom. The fourth-order valence-corrected chi connectivity index (χ4v) is 4.61. The predicted octanol–water partition coefficient (Wildman–Crippen LogP) is 7.54. The van der Waals surface area contributed by atoms with Gasteiger partial charge in [0.25, 0.3) is 0 Å². The fourth-order valence-electron chi connectivity index (χ4n) is 4.61. The molecule has 0 aliphatic heterocycles. The topological polar surface area (TPSA) is 77.3 Å². The van der Waals surface area contributed by atoms with E-state index < -0.39 is 0 Å². The summed E-state index contributed by atoms with van der Waals surface area (Å²) in [5.74, 6) is 2.17. The van der Waals surface area contributed by atoms with Crippen LogP contribution in [0.4, 0.5) is 0 Å². The summed E-state index contributed by atoms with van der Waals surface area (Å²) in [5, 5.41) is 2.32. The molecule has 0 spiro atoms. The SMILES string of the molecule is c1ccc(-c2nc(-c3ccc4ccccc4c3)cc(-c3nc(-c4ccccc4)nc(-c4cccnc4)n3)n2)cc1. The summed E-state index contributed by atoms with van der Waals surface area (Å²) in [4.78, 5) is 28.7. The zero-order chi connectivity index (χ0) is 26.7. The monoisotopic (exact) mass is 514 g/mol. The van der Waals surface area contributed by atoms with E-state index in [9.17, 15) is 0 Å². The third-order valence-corrected chi connectivity index (χ3v) is 6.62. The zero-order valence-electron chi connectivity index (χ0n) is 21.4. The number of rotatable bonds is 5. The summed E-state index contributed by atoms with van der Waals surface area (Å²) in [5.41, 5.74) is 5.00. The van der Waals surface area contributed by atoms with Crippen molar-refractivity contribution in [2.24, 2.45) is 0 Å². The van der Waals surface area contributed by atoms with Gasteiger partial charge in [0.1, 0.15) is 5.69 Å². The molecule has 0 fully saturated rings. The van der Waals surface area contributed by atoms with E-state index in [2.05, 4.69) is 35.3 Å². The molecule has 0 amide bonds. The van der Waals surface area contributed by atoms with Crippen LogP contribution in [0.3, 0.4) is 0 Å². The van der Waals surface area contributed by atoms with Gasteiger partial charge in [-0.2, -0.15) is 0 Å². The highest BCUT2D eigenvalue weighted by Gasteiger charge is 2.16. The molecular weight excluding hydrogens is 492 g/mol. The predicted molar refractivity (Wildman–Crippen MR) is 158 cm³/mol. The minimum absolute atomic E-state index is 0.467. The Morgan fingerprint density at radius 1 is 0.350 bits per heavy atom. The third kappa shape index (κ3) is 4.70. The van der Waals surface area contributed by atoms with Gasteiger partial charge < -0.3 is 0 Å². The minimum Gasteiger partial charge on any atom is -0.264 e. The van der Waals surface area contributed by atoms with Crippen molar-refractivity contribution in [1.82, 2.24) is 29.9 Å². The summed E-state index contributed by atoms with van der Waals surface area (Å²) in [6.07, 6.45) is 3.49. The lowest BCUT2D eigenvalue weighted by atomic mass is 10.0. The van der Waals surface area contributed by atoms with Crippen LogP contribution in [0, 0.1) is 0 Å². The lowest BCUT2D eigenvalue weighted by Crippen LogP contribution is -2.03. The Labute approximate surface area is 231 Å². The molecule has 7 rings (SSSR count). The van der Waals surface area contributed by atoms with Crippen LogP contribution in [-0.4, -0.2) is 29.9 Å². The van der Waals surface area contributed by atoms with Crippen LogP contribution < -0.4 is 0 Å². The number of hydrogen-bond donors (Lipinski definition) is 0. The minimum atomic E-state index is 0.467. The first kappa shape index (κ1) is 23.5. The molecule has 188 valence electrons. The summed E-state index contributed by atoms with van der Waals surface area (Å²) in [6, 6.07) is 40.3. The number of aromatic nitrogens is 6. The van der Waals surface area contributed by atoms with Gasteiger partial charge in [0.15, 0.2) is 23.3 Å². The molecule has 0 aliphatic rings. The van der Waals surface area contributed by atoms with Crippen molar-refractivity contribution in [3.8, 4) is 56.9 Å². The highest BCUT2D eigenvalue weighted by molar-refractivity contribution is 5.87. The molecule has 3 heterocycles. The van der Waals surface area contributed by atoms with Gasteiger partial charge >= 0.3 is 0 Å². The smallest absolute Gasteiger partial charge is 0.182 e. The van der Waals surface area contributed by atoms with Gasteiger partial charge in [0, 0.05) is 34.6 Å². The van der Waals surface area contributed by atoms with Crippen LogP contribution in [0.25, 0.3) is 67.7 Å². The molecule has 0 radical (unpaired) electrons. The van der Waals surface area contributed by atoms with Crippen molar-refractivity contribution >= 4 is 10.8 Å². The quantitative estimate of drug-likeness (QED) is 0.236. The molecule has 7 aromatic rings. The first-order chi connectivity index (χ1) is 19.8. The van der Waals surface area contributed by atoms with Crippen molar-refractivity contribution in [1.29, 1.82) is 0 Å². The van der Waals surface area contributed by atoms with Crippen molar-refractivity contribution in [3.63, 3.8) is 0 Å². The Hall–Kier alpha value is -5.62. The van der Waals surface area contributed by atoms with E-state index in [1.165, 1.54) is 5.39 Å². The highest BCUT2D eigenvalue weighted by atomic mass is 15.1. The average Bonchev–Trinajstić information content (AvgIpc) is 3.05. The Balaban J connectivity index is 1.45. The summed E-state index contributed by atoms with van der Waals surface area (Å²) in [6.45, 7) is 0. The second-order valence-corrected chi connectivity index (χ2v) is 9.30. The second-order valence-electron chi connectivity index (χ2n) is 9.30. The Bertz CT molecular complexity index is 1880. The molecule has 0 N–H and O–H groups in total. The zero-order valence-corrected chi connectivity index (χ0v) is 21.4. The molecule has 0 bridgehead atoms. The van der Waals surface area contributed by atoms with Crippen molar-refractivity contribution in [2.75, 3.05) is 0 Å². The molecule has 6 nitrogen and oxygen atoms in total. The van der Waals surface area contributed by atoms with Crippen LogP contribution in [0.5, 0.6) is 0 Å². The molecule has 0 unspecified atom stereocenters. The maximum atomic E-state index is 4.98. The van der Waals surface area contributed by atoms with Gasteiger partial charge in [-0.25, -0.2) is 24.9 Å². The van der Waals surface area contributed by atoms with Gasteiger partial charge in [-0.15, -0.1) is 0 Å². The summed E-state index contributed by atoms with van der Waals surface area (Å²) >= 11 is 0. The van der Waals surface area contributed by atoms with Gasteiger partial charge in [-0.1, -0.05) is 97.1 Å². The number of nitrogens with zero attached hydrogens (tertiary/aromatic N) is 6. The van der Waals surface area contributed by atoms with Crippen LogP contribution in [0.15, 0.2) is 134 Å². The van der Waals surface area contributed by atoms with E-state index in [1.54, 1.807) is 12.4 Å². The molecular formula is C34H22N6. The van der Waals surface area contributed by atoms with E-state index in [4.69, 9.17) is 24.9 Å². The molecule has 0 aliphatic carbocycles. The van der Waals surface area contributed by atoms with E-state index in [1.807, 2.05) is 91.0 Å². The molecule has 6 heteroatoms. The lowest BCUT2D eigenvalue weighted by Gasteiger charge is -2.11. The summed E-state index contributed by atoms with van der Waals surface area (Å²) in [7, 11) is 0. The number of pyridine rings is 1. The van der Waals surface area contributed by atoms with Crippen LogP contribution >= 0.6 is 0 Å². The standard InChI is InChI=1S/C34H22N6/c1-3-11-24(12-4-1)31-36-29(27-18-17-23-10-7-8-15-26(23)20-27)21-30(37-31)34-39-32(25-13-5-2-6-14-25)38-33(40-34)28-16-9-19-35-22-28/h1-22H. The Kier molecular flexibility index (Phi) is 6.03. The normalized spacial score (nSPS) is 11.0. The first-order valence-electron chi connectivity index (χ1n) is 13.0. The first-order valence-corrected chi connectivity index (χ1v) is 13.0. The molecule has 0 saturated carbocycles. The van der Waals surface area contributed by atoms with Crippen LogP contribution in [0.1, 0.15) is 0 Å². The average molecular weight is 515 g/mol. The van der Waals surface area contributed by atoms with Crippen molar-refractivity contribution in [2.45, 2.75) is 0 Å². The summed E-state index contributed by atoms with van der Waals surface area (Å²) < 4.78 is 0. The highest BCUT2D eigenvalue weighted by Crippen LogP contribution is 2.30. The Morgan fingerprint density at radius 2 is 0.925 bits per heavy atom. The van der Waals surface area contributed by atoms with E-state index in [-0.39, 0.29) is 0 Å². The fraction of sp³-hybridized carbons (Fsp3) is 0. The largest absolute Gasteiger partial charge is 0.264 e. The second kappa shape index (κ2) is 10.3. The maximum Gasteiger partial charge on any atom is 0.182 e. The van der Waals surface area contributed by atoms with Gasteiger partial charge in [-0.3, -0.25) is 4.98 Å². The molecule has 0 saturated heterocycles. The van der Waals surface area contributed by atoms with Crippen molar-refractivity contribution in [3.05, 3.63) is 134 Å². The van der Waals surface area contributed by atoms with E-state index in [0.29, 0.717) is 29.0 Å². The maximum absolute atomic E-state index is 4.98. The lowest BCUT2D eigenvalue weighted by molar-refractivity contribution is 1.05. The van der Waals surface area contributed by atoms with Crippen LogP contribution in [-0.2, 0) is 0 Å².